The smallest absolute Gasteiger partial charge is 0.00488 e. The van der Waals surface area contributed by atoms with Gasteiger partial charge in [-0.1, -0.05) is 26.7 Å². The number of rotatable bonds is 4. The van der Waals surface area contributed by atoms with Crippen LogP contribution >= 0.6 is 0 Å². The Kier molecular flexibility index (Phi) is 2.72. The second-order valence-corrected chi connectivity index (χ2v) is 3.66. The summed E-state index contributed by atoms with van der Waals surface area (Å²) in [6.07, 6.45) is 4.22. The molecule has 0 radical (unpaired) electrons. The van der Waals surface area contributed by atoms with Crippen LogP contribution in [0.4, 0.5) is 0 Å². The number of nitrogens with two attached hydrogens (primary N) is 1. The van der Waals surface area contributed by atoms with E-state index in [4.69, 9.17) is 5.73 Å². The molecule has 0 bridgehead atoms. The minimum Gasteiger partial charge on any atom is -0.330 e. The first-order valence-electron chi connectivity index (χ1n) is 4.49. The Morgan fingerprint density at radius 1 is 1.60 bits per heavy atom. The van der Waals surface area contributed by atoms with Gasteiger partial charge in [0.2, 0.25) is 0 Å². The number of hydrogen-bond acceptors (Lipinski definition) is 1. The summed E-state index contributed by atoms with van der Waals surface area (Å²) < 4.78 is 0. The fourth-order valence-electron chi connectivity index (χ4n) is 1.85. The largest absolute Gasteiger partial charge is 0.330 e. The molecule has 1 rings (SSSR count). The summed E-state index contributed by atoms with van der Waals surface area (Å²) in [5.74, 6) is 2.78. The van der Waals surface area contributed by atoms with Crippen molar-refractivity contribution in [3.63, 3.8) is 0 Å². The molecule has 0 saturated heterocycles. The first-order valence-corrected chi connectivity index (χ1v) is 4.49. The Hall–Kier alpha value is -0.0400. The highest BCUT2D eigenvalue weighted by Crippen LogP contribution is 2.46. The summed E-state index contributed by atoms with van der Waals surface area (Å²) in [4.78, 5) is 0. The molecule has 1 saturated carbocycles. The molecule has 0 aliphatic heterocycles. The molecule has 1 heteroatoms. The van der Waals surface area contributed by atoms with Crippen molar-refractivity contribution in [2.45, 2.75) is 33.1 Å². The topological polar surface area (TPSA) is 26.0 Å². The molecule has 1 aliphatic rings. The monoisotopic (exact) mass is 141 g/mol. The quantitative estimate of drug-likeness (QED) is 0.637. The van der Waals surface area contributed by atoms with Gasteiger partial charge in [-0.2, -0.15) is 0 Å². The maximum atomic E-state index is 5.57. The Balaban J connectivity index is 2.12. The molecular formula is C9H19N. The van der Waals surface area contributed by atoms with Gasteiger partial charge in [-0.25, -0.2) is 0 Å². The van der Waals surface area contributed by atoms with E-state index in [1.54, 1.807) is 0 Å². The molecule has 0 aromatic carbocycles. The molecule has 0 aromatic rings. The van der Waals surface area contributed by atoms with Gasteiger partial charge in [0, 0.05) is 0 Å². The third-order valence-electron chi connectivity index (χ3n) is 2.74. The summed E-state index contributed by atoms with van der Waals surface area (Å²) in [6.45, 7) is 5.42. The molecule has 1 aliphatic carbocycles. The van der Waals surface area contributed by atoms with Crippen LogP contribution < -0.4 is 5.73 Å². The van der Waals surface area contributed by atoms with E-state index in [2.05, 4.69) is 13.8 Å². The van der Waals surface area contributed by atoms with Crippen molar-refractivity contribution in [2.75, 3.05) is 6.54 Å². The molecule has 3 unspecified atom stereocenters. The van der Waals surface area contributed by atoms with Crippen LogP contribution in [0.25, 0.3) is 0 Å². The van der Waals surface area contributed by atoms with Gasteiger partial charge in [-0.3, -0.25) is 0 Å². The van der Waals surface area contributed by atoms with E-state index in [0.717, 1.165) is 24.3 Å². The van der Waals surface area contributed by atoms with Crippen LogP contribution in [0.5, 0.6) is 0 Å². The Morgan fingerprint density at radius 2 is 2.30 bits per heavy atom. The summed E-state index contributed by atoms with van der Waals surface area (Å²) in [6, 6.07) is 0. The molecule has 0 spiro atoms. The van der Waals surface area contributed by atoms with Crippen LogP contribution in [0.3, 0.4) is 0 Å². The van der Waals surface area contributed by atoms with E-state index < -0.39 is 0 Å². The van der Waals surface area contributed by atoms with Crippen LogP contribution in [-0.4, -0.2) is 6.54 Å². The van der Waals surface area contributed by atoms with E-state index in [1.165, 1.54) is 19.3 Å². The van der Waals surface area contributed by atoms with Crippen molar-refractivity contribution in [1.29, 1.82) is 0 Å². The molecule has 0 heterocycles. The maximum Gasteiger partial charge on any atom is -0.00488 e. The van der Waals surface area contributed by atoms with E-state index in [1.807, 2.05) is 0 Å². The lowest BCUT2D eigenvalue weighted by molar-refractivity contribution is 0.472. The van der Waals surface area contributed by atoms with Crippen LogP contribution in [0, 0.1) is 17.8 Å². The standard InChI is InChI=1S/C9H19N/c1-3-4-8-5-9(8)7(2)6-10/h7-9H,3-6,10H2,1-2H3. The zero-order chi connectivity index (χ0) is 7.56. The molecule has 10 heavy (non-hydrogen) atoms. The Bertz CT molecular complexity index is 101. The van der Waals surface area contributed by atoms with Crippen molar-refractivity contribution in [2.24, 2.45) is 23.5 Å². The minimum atomic E-state index is 0.775. The third kappa shape index (κ3) is 1.72. The normalized spacial score (nSPS) is 33.9. The average molecular weight is 141 g/mol. The van der Waals surface area contributed by atoms with Gasteiger partial charge in [0.05, 0.1) is 0 Å². The maximum absolute atomic E-state index is 5.57. The van der Waals surface area contributed by atoms with Gasteiger partial charge >= 0.3 is 0 Å². The highest BCUT2D eigenvalue weighted by molar-refractivity contribution is 4.89. The molecule has 60 valence electrons. The van der Waals surface area contributed by atoms with E-state index in [9.17, 15) is 0 Å². The summed E-state index contributed by atoms with van der Waals surface area (Å²) in [5, 5.41) is 0. The van der Waals surface area contributed by atoms with Crippen molar-refractivity contribution >= 4 is 0 Å². The van der Waals surface area contributed by atoms with E-state index >= 15 is 0 Å². The first kappa shape index (κ1) is 8.06. The Labute approximate surface area is 64.0 Å². The molecule has 1 fully saturated rings. The van der Waals surface area contributed by atoms with Gasteiger partial charge < -0.3 is 5.73 Å². The molecule has 0 aromatic heterocycles. The van der Waals surface area contributed by atoms with E-state index in [0.29, 0.717) is 0 Å². The molecular weight excluding hydrogens is 122 g/mol. The van der Waals surface area contributed by atoms with Crippen LogP contribution in [0.15, 0.2) is 0 Å². The molecule has 2 N–H and O–H groups in total. The lowest BCUT2D eigenvalue weighted by Gasteiger charge is -2.05. The molecule has 1 nitrogen and oxygen atoms in total. The third-order valence-corrected chi connectivity index (χ3v) is 2.74. The highest BCUT2D eigenvalue weighted by Gasteiger charge is 2.38. The second-order valence-electron chi connectivity index (χ2n) is 3.66. The molecule has 3 atom stereocenters. The SMILES string of the molecule is CCCC1CC1C(C)CN. The van der Waals surface area contributed by atoms with Crippen molar-refractivity contribution in [1.82, 2.24) is 0 Å². The van der Waals surface area contributed by atoms with Crippen LogP contribution in [0.1, 0.15) is 33.1 Å². The van der Waals surface area contributed by atoms with Gasteiger partial charge in [-0.15, -0.1) is 0 Å². The predicted octanol–water partition coefficient (Wildman–Crippen LogP) is 2.02. The summed E-state index contributed by atoms with van der Waals surface area (Å²) >= 11 is 0. The fraction of sp³-hybridized carbons (Fsp3) is 1.00. The van der Waals surface area contributed by atoms with Crippen molar-refractivity contribution < 1.29 is 0 Å². The predicted molar refractivity (Wildman–Crippen MR) is 44.7 cm³/mol. The van der Waals surface area contributed by atoms with Gasteiger partial charge in [0.15, 0.2) is 0 Å². The lowest BCUT2D eigenvalue weighted by atomic mass is 10.0. The first-order chi connectivity index (χ1) is 4.79. The van der Waals surface area contributed by atoms with Gasteiger partial charge in [0.25, 0.3) is 0 Å². The fourth-order valence-corrected chi connectivity index (χ4v) is 1.85. The second kappa shape index (κ2) is 3.38. The number of hydrogen-bond donors (Lipinski definition) is 1. The van der Waals surface area contributed by atoms with Gasteiger partial charge in [-0.05, 0) is 30.7 Å². The summed E-state index contributed by atoms with van der Waals surface area (Å²) in [7, 11) is 0. The summed E-state index contributed by atoms with van der Waals surface area (Å²) in [5.41, 5.74) is 5.57. The minimum absolute atomic E-state index is 0.775. The van der Waals surface area contributed by atoms with Gasteiger partial charge in [0.1, 0.15) is 0 Å². The van der Waals surface area contributed by atoms with Crippen molar-refractivity contribution in [3.05, 3.63) is 0 Å². The molecule has 0 amide bonds. The van der Waals surface area contributed by atoms with Crippen molar-refractivity contribution in [3.8, 4) is 0 Å². The van der Waals surface area contributed by atoms with Crippen LogP contribution in [-0.2, 0) is 0 Å². The lowest BCUT2D eigenvalue weighted by Crippen LogP contribution is -2.13. The van der Waals surface area contributed by atoms with E-state index in [-0.39, 0.29) is 0 Å². The average Bonchev–Trinajstić information content (AvgIpc) is 2.67. The van der Waals surface area contributed by atoms with Crippen LogP contribution in [0.2, 0.25) is 0 Å². The highest BCUT2D eigenvalue weighted by atomic mass is 14.6. The Morgan fingerprint density at radius 3 is 2.80 bits per heavy atom. The zero-order valence-corrected chi connectivity index (χ0v) is 7.14. The zero-order valence-electron chi connectivity index (χ0n) is 7.14.